The van der Waals surface area contributed by atoms with Crippen LogP contribution < -0.4 is 10.9 Å². The van der Waals surface area contributed by atoms with Gasteiger partial charge in [-0.15, -0.1) is 11.3 Å². The summed E-state index contributed by atoms with van der Waals surface area (Å²) in [4.78, 5) is 37.3. The minimum Gasteiger partial charge on any atom is -0.451 e. The molecule has 0 fully saturated rings. The van der Waals surface area contributed by atoms with E-state index in [2.05, 4.69) is 11.4 Å². The standard InChI is InChI=1S/C20H21N3O4S/c1-13(27-18(25)12-23-10-6-5-9-17(23)24)19(26)22-20-15(11-21)14-7-3-2-4-8-16(14)28-20/h5-6,9-10,13H,2-4,7-8,12H2,1H3,(H,22,26)/t13-/m0/s1. The lowest BCUT2D eigenvalue weighted by molar-refractivity contribution is -0.153. The quantitative estimate of drug-likeness (QED) is 0.615. The van der Waals surface area contributed by atoms with Crippen molar-refractivity contribution in [3.05, 3.63) is 50.8 Å². The molecule has 0 saturated heterocycles. The lowest BCUT2D eigenvalue weighted by Crippen LogP contribution is -2.32. The van der Waals surface area contributed by atoms with E-state index in [0.717, 1.165) is 42.5 Å². The molecule has 0 saturated carbocycles. The summed E-state index contributed by atoms with van der Waals surface area (Å²) in [6.45, 7) is 1.19. The first-order valence-electron chi connectivity index (χ1n) is 9.20. The summed E-state index contributed by atoms with van der Waals surface area (Å²) >= 11 is 1.43. The topological polar surface area (TPSA) is 101 Å². The number of nitrogens with zero attached hydrogens (tertiary/aromatic N) is 2. The fourth-order valence-electron chi connectivity index (χ4n) is 3.18. The molecule has 0 spiro atoms. The van der Waals surface area contributed by atoms with Crippen molar-refractivity contribution in [3.8, 4) is 6.07 Å². The van der Waals surface area contributed by atoms with Crippen LogP contribution in [-0.2, 0) is 33.7 Å². The fourth-order valence-corrected chi connectivity index (χ4v) is 4.42. The number of ether oxygens (including phenoxy) is 1. The Morgan fingerprint density at radius 1 is 1.32 bits per heavy atom. The third-order valence-electron chi connectivity index (χ3n) is 4.65. The summed E-state index contributed by atoms with van der Waals surface area (Å²) < 4.78 is 6.36. The van der Waals surface area contributed by atoms with Crippen molar-refractivity contribution in [2.75, 3.05) is 5.32 Å². The van der Waals surface area contributed by atoms with Gasteiger partial charge in [-0.05, 0) is 44.2 Å². The Bertz CT molecular complexity index is 986. The maximum atomic E-state index is 12.5. The molecule has 7 nitrogen and oxygen atoms in total. The minimum atomic E-state index is -1.04. The molecule has 0 unspecified atom stereocenters. The van der Waals surface area contributed by atoms with Crippen molar-refractivity contribution >= 4 is 28.2 Å². The van der Waals surface area contributed by atoms with Gasteiger partial charge in [0.2, 0.25) is 0 Å². The van der Waals surface area contributed by atoms with Crippen LogP contribution in [0.25, 0.3) is 0 Å². The Kier molecular flexibility index (Phi) is 6.26. The monoisotopic (exact) mass is 399 g/mol. The minimum absolute atomic E-state index is 0.270. The predicted molar refractivity (Wildman–Crippen MR) is 105 cm³/mol. The molecule has 1 aliphatic rings. The molecule has 8 heteroatoms. The number of aryl methyl sites for hydroxylation is 1. The number of carbonyl (C=O) groups excluding carboxylic acids is 2. The van der Waals surface area contributed by atoms with Gasteiger partial charge in [0.05, 0.1) is 5.56 Å². The Balaban J connectivity index is 1.65. The number of fused-ring (bicyclic) bond motifs is 1. The van der Waals surface area contributed by atoms with Gasteiger partial charge in [-0.3, -0.25) is 14.4 Å². The first-order chi connectivity index (χ1) is 13.5. The van der Waals surface area contributed by atoms with Crippen LogP contribution in [0.5, 0.6) is 0 Å². The number of aromatic nitrogens is 1. The van der Waals surface area contributed by atoms with E-state index in [9.17, 15) is 19.6 Å². The fraction of sp³-hybridized carbons (Fsp3) is 0.400. The van der Waals surface area contributed by atoms with E-state index in [1.807, 2.05) is 0 Å². The van der Waals surface area contributed by atoms with Crippen LogP contribution in [0.4, 0.5) is 5.00 Å². The summed E-state index contributed by atoms with van der Waals surface area (Å²) in [6, 6.07) is 6.76. The molecule has 2 heterocycles. The van der Waals surface area contributed by atoms with Crippen molar-refractivity contribution in [3.63, 3.8) is 0 Å². The molecule has 146 valence electrons. The van der Waals surface area contributed by atoms with E-state index >= 15 is 0 Å². The third-order valence-corrected chi connectivity index (χ3v) is 5.85. The second-order valence-corrected chi connectivity index (χ2v) is 7.77. The molecule has 0 bridgehead atoms. The van der Waals surface area contributed by atoms with Crippen LogP contribution in [0.3, 0.4) is 0 Å². The molecular formula is C20H21N3O4S. The number of anilines is 1. The Hall–Kier alpha value is -2.92. The number of thiophene rings is 1. The molecule has 1 atom stereocenters. The molecule has 3 rings (SSSR count). The molecule has 2 aromatic heterocycles. The molecule has 0 aliphatic heterocycles. The molecule has 0 radical (unpaired) electrons. The SMILES string of the molecule is C[C@H](OC(=O)Cn1ccccc1=O)C(=O)Nc1sc2c(c1C#N)CCCCC2. The highest BCUT2D eigenvalue weighted by Gasteiger charge is 2.24. The van der Waals surface area contributed by atoms with Crippen molar-refractivity contribution in [1.82, 2.24) is 4.57 Å². The van der Waals surface area contributed by atoms with Crippen molar-refractivity contribution in [1.29, 1.82) is 5.26 Å². The van der Waals surface area contributed by atoms with Crippen LogP contribution in [0.2, 0.25) is 0 Å². The number of rotatable bonds is 5. The molecule has 0 aromatic carbocycles. The summed E-state index contributed by atoms with van der Waals surface area (Å²) in [5.41, 5.74) is 1.23. The Labute approximate surface area is 166 Å². The van der Waals surface area contributed by atoms with Gasteiger partial charge < -0.3 is 14.6 Å². The summed E-state index contributed by atoms with van der Waals surface area (Å²) in [5, 5.41) is 12.8. The van der Waals surface area contributed by atoms with E-state index in [4.69, 9.17) is 4.74 Å². The maximum absolute atomic E-state index is 12.5. The van der Waals surface area contributed by atoms with Crippen LogP contribution in [0.15, 0.2) is 29.2 Å². The predicted octanol–water partition coefficient (Wildman–Crippen LogP) is 2.62. The van der Waals surface area contributed by atoms with E-state index in [0.29, 0.717) is 10.6 Å². The zero-order chi connectivity index (χ0) is 20.1. The van der Waals surface area contributed by atoms with E-state index in [1.54, 1.807) is 12.1 Å². The zero-order valence-electron chi connectivity index (χ0n) is 15.6. The lowest BCUT2D eigenvalue weighted by Gasteiger charge is -2.13. The van der Waals surface area contributed by atoms with E-state index in [1.165, 1.54) is 35.1 Å². The number of hydrogen-bond acceptors (Lipinski definition) is 6. The average molecular weight is 399 g/mol. The Morgan fingerprint density at radius 3 is 2.86 bits per heavy atom. The molecule has 1 amide bonds. The lowest BCUT2D eigenvalue weighted by atomic mass is 10.1. The molecule has 1 aliphatic carbocycles. The van der Waals surface area contributed by atoms with Crippen LogP contribution in [0.1, 0.15) is 42.2 Å². The van der Waals surface area contributed by atoms with Crippen LogP contribution >= 0.6 is 11.3 Å². The number of carbonyl (C=O) groups is 2. The molecule has 2 aromatic rings. The average Bonchev–Trinajstić information content (AvgIpc) is 2.83. The van der Waals surface area contributed by atoms with Gasteiger partial charge in [-0.1, -0.05) is 12.5 Å². The number of hydrogen-bond donors (Lipinski definition) is 1. The zero-order valence-corrected chi connectivity index (χ0v) is 16.4. The van der Waals surface area contributed by atoms with Gasteiger partial charge in [0, 0.05) is 17.1 Å². The highest BCUT2D eigenvalue weighted by Crippen LogP contribution is 2.37. The normalized spacial score (nSPS) is 14.3. The van der Waals surface area contributed by atoms with Crippen LogP contribution in [-0.4, -0.2) is 22.5 Å². The van der Waals surface area contributed by atoms with Gasteiger partial charge in [0.25, 0.3) is 11.5 Å². The first-order valence-corrected chi connectivity index (χ1v) is 10.0. The second kappa shape index (κ2) is 8.85. The maximum Gasteiger partial charge on any atom is 0.326 e. The summed E-state index contributed by atoms with van der Waals surface area (Å²) in [6.07, 6.45) is 5.47. The largest absolute Gasteiger partial charge is 0.451 e. The number of pyridine rings is 1. The van der Waals surface area contributed by atoms with Crippen molar-refractivity contribution in [2.24, 2.45) is 0 Å². The van der Waals surface area contributed by atoms with Crippen LogP contribution in [0, 0.1) is 11.3 Å². The van der Waals surface area contributed by atoms with Gasteiger partial charge in [-0.25, -0.2) is 0 Å². The number of nitriles is 1. The van der Waals surface area contributed by atoms with Crippen molar-refractivity contribution < 1.29 is 14.3 Å². The third kappa shape index (κ3) is 4.49. The highest BCUT2D eigenvalue weighted by molar-refractivity contribution is 7.16. The molecule has 1 N–H and O–H groups in total. The van der Waals surface area contributed by atoms with Gasteiger partial charge in [0.15, 0.2) is 6.10 Å². The number of esters is 1. The molecular weight excluding hydrogens is 378 g/mol. The number of amides is 1. The molecule has 28 heavy (non-hydrogen) atoms. The highest BCUT2D eigenvalue weighted by atomic mass is 32.1. The van der Waals surface area contributed by atoms with Crippen molar-refractivity contribution in [2.45, 2.75) is 51.7 Å². The van der Waals surface area contributed by atoms with E-state index in [-0.39, 0.29) is 12.1 Å². The second-order valence-electron chi connectivity index (χ2n) is 6.67. The smallest absolute Gasteiger partial charge is 0.326 e. The summed E-state index contributed by atoms with van der Waals surface area (Å²) in [7, 11) is 0. The van der Waals surface area contributed by atoms with Gasteiger partial charge >= 0.3 is 5.97 Å². The van der Waals surface area contributed by atoms with Gasteiger partial charge in [0.1, 0.15) is 17.6 Å². The Morgan fingerprint density at radius 2 is 2.11 bits per heavy atom. The van der Waals surface area contributed by atoms with Gasteiger partial charge in [-0.2, -0.15) is 5.26 Å². The first kappa shape index (κ1) is 19.8. The summed E-state index contributed by atoms with van der Waals surface area (Å²) in [5.74, 6) is -1.18. The van der Waals surface area contributed by atoms with E-state index < -0.39 is 18.0 Å². The number of nitrogens with one attached hydrogen (secondary N) is 1.